The molecule has 0 amide bonds. The molecule has 0 saturated carbocycles. The van der Waals surface area contributed by atoms with Crippen LogP contribution in [0.4, 0.5) is 0 Å². The van der Waals surface area contributed by atoms with Crippen LogP contribution in [-0.4, -0.2) is 15.6 Å². The number of carbonyl (C=O) groups excluding carboxylic acids is 1. The summed E-state index contributed by atoms with van der Waals surface area (Å²) in [5.74, 6) is -0.406. The zero-order valence-electron chi connectivity index (χ0n) is 10.1. The topological polar surface area (TPSA) is 54.9 Å². The SMILES string of the molecule is Cc1[nH]n(C)c(=O)c1C(=O)c1ccc(Cl)cc1Cl.[Fe+2]. The molecular weight excluding hydrogens is 331 g/mol. The largest absolute Gasteiger partial charge is 2.00 e. The average molecular weight is 341 g/mol. The first-order valence-electron chi connectivity index (χ1n) is 5.17. The van der Waals surface area contributed by atoms with Gasteiger partial charge in [0.1, 0.15) is 5.56 Å². The molecule has 1 aromatic carbocycles. The number of aryl methyl sites for hydroxylation is 2. The Bertz CT molecular complexity index is 692. The summed E-state index contributed by atoms with van der Waals surface area (Å²) in [6.07, 6.45) is 0. The van der Waals surface area contributed by atoms with Crippen LogP contribution in [0, 0.1) is 6.92 Å². The van der Waals surface area contributed by atoms with Gasteiger partial charge in [-0.05, 0) is 25.1 Å². The normalized spacial score (nSPS) is 10.1. The third-order valence-electron chi connectivity index (χ3n) is 2.63. The molecule has 0 aliphatic heterocycles. The summed E-state index contributed by atoms with van der Waals surface area (Å²) in [6, 6.07) is 4.55. The van der Waals surface area contributed by atoms with Crippen LogP contribution < -0.4 is 5.56 Å². The van der Waals surface area contributed by atoms with Crippen molar-refractivity contribution in [1.82, 2.24) is 9.78 Å². The van der Waals surface area contributed by atoms with Crippen molar-refractivity contribution in [1.29, 1.82) is 0 Å². The Morgan fingerprint density at radius 3 is 2.42 bits per heavy atom. The molecule has 100 valence electrons. The predicted molar refractivity (Wildman–Crippen MR) is 70.7 cm³/mol. The minimum atomic E-state index is -0.406. The maximum atomic E-state index is 12.3. The predicted octanol–water partition coefficient (Wildman–Crippen LogP) is 2.56. The second kappa shape index (κ2) is 5.97. The summed E-state index contributed by atoms with van der Waals surface area (Å²) in [5.41, 5.74) is 0.504. The van der Waals surface area contributed by atoms with E-state index in [1.54, 1.807) is 20.0 Å². The van der Waals surface area contributed by atoms with Gasteiger partial charge in [-0.2, -0.15) is 0 Å². The molecule has 2 aromatic rings. The van der Waals surface area contributed by atoms with Gasteiger partial charge in [-0.25, -0.2) is 0 Å². The molecule has 4 nitrogen and oxygen atoms in total. The van der Waals surface area contributed by atoms with E-state index in [0.29, 0.717) is 10.7 Å². The number of aromatic amines is 1. The Kier molecular flexibility index (Phi) is 5.04. The molecule has 0 aliphatic rings. The molecular formula is C12H10Cl2FeN2O2+2. The van der Waals surface area contributed by atoms with E-state index in [9.17, 15) is 9.59 Å². The van der Waals surface area contributed by atoms with E-state index in [0.717, 1.165) is 0 Å². The van der Waals surface area contributed by atoms with Crippen molar-refractivity contribution in [2.75, 3.05) is 0 Å². The van der Waals surface area contributed by atoms with Crippen LogP contribution in [0.5, 0.6) is 0 Å². The van der Waals surface area contributed by atoms with Gasteiger partial charge in [-0.3, -0.25) is 19.4 Å². The average Bonchev–Trinajstić information content (AvgIpc) is 2.52. The summed E-state index contributed by atoms with van der Waals surface area (Å²) >= 11 is 11.7. The molecule has 0 bridgehead atoms. The number of aromatic nitrogens is 2. The standard InChI is InChI=1S/C12H10Cl2N2O2.Fe/c1-6-10(12(18)16(2)15-6)11(17)8-4-3-7(13)5-9(8)14;/h3-5,15H,1-2H3;/q;+2. The van der Waals surface area contributed by atoms with Crippen LogP contribution in [0.1, 0.15) is 21.6 Å². The number of rotatable bonds is 2. The third kappa shape index (κ3) is 2.95. The molecule has 1 heterocycles. The van der Waals surface area contributed by atoms with Crippen molar-refractivity contribution in [3.8, 4) is 0 Å². The van der Waals surface area contributed by atoms with Crippen molar-refractivity contribution < 1.29 is 21.9 Å². The van der Waals surface area contributed by atoms with E-state index in [2.05, 4.69) is 5.10 Å². The third-order valence-corrected chi connectivity index (χ3v) is 3.18. The van der Waals surface area contributed by atoms with Gasteiger partial charge >= 0.3 is 17.1 Å². The van der Waals surface area contributed by atoms with Gasteiger partial charge in [-0.1, -0.05) is 23.2 Å². The number of hydrogen-bond acceptors (Lipinski definition) is 2. The Hall–Kier alpha value is -1.00. The summed E-state index contributed by atoms with van der Waals surface area (Å²) in [7, 11) is 1.55. The van der Waals surface area contributed by atoms with E-state index in [1.165, 1.54) is 16.8 Å². The monoisotopic (exact) mass is 340 g/mol. The van der Waals surface area contributed by atoms with Crippen LogP contribution in [0.2, 0.25) is 10.0 Å². The quantitative estimate of drug-likeness (QED) is 0.674. The van der Waals surface area contributed by atoms with E-state index in [4.69, 9.17) is 23.2 Å². The molecule has 0 atom stereocenters. The molecule has 0 fully saturated rings. The number of nitrogens with one attached hydrogen (secondary N) is 1. The minimum Gasteiger partial charge on any atom is -0.299 e. The number of halogens is 2. The van der Waals surface area contributed by atoms with Gasteiger partial charge in [0.2, 0.25) is 5.78 Å². The van der Waals surface area contributed by atoms with Crippen LogP contribution in [0.25, 0.3) is 0 Å². The van der Waals surface area contributed by atoms with E-state index in [-0.39, 0.29) is 38.8 Å². The van der Waals surface area contributed by atoms with Gasteiger partial charge in [0.05, 0.1) is 5.02 Å². The zero-order chi connectivity index (χ0) is 13.4. The van der Waals surface area contributed by atoms with Crippen LogP contribution >= 0.6 is 23.2 Å². The molecule has 0 aliphatic carbocycles. The Balaban J connectivity index is 0.00000180. The number of benzene rings is 1. The molecule has 1 N–H and O–H groups in total. The number of ketones is 1. The second-order valence-electron chi connectivity index (χ2n) is 3.93. The number of H-pyrrole nitrogens is 1. The number of hydrogen-bond donors (Lipinski definition) is 1. The molecule has 0 radical (unpaired) electrons. The Morgan fingerprint density at radius 1 is 1.32 bits per heavy atom. The summed E-state index contributed by atoms with van der Waals surface area (Å²) in [5, 5.41) is 3.44. The molecule has 0 unspecified atom stereocenters. The fraction of sp³-hybridized carbons (Fsp3) is 0.167. The summed E-state index contributed by atoms with van der Waals surface area (Å²) in [4.78, 5) is 24.1. The summed E-state index contributed by atoms with van der Waals surface area (Å²) in [6.45, 7) is 1.67. The van der Waals surface area contributed by atoms with Gasteiger partial charge in [0, 0.05) is 23.3 Å². The molecule has 0 spiro atoms. The number of carbonyl (C=O) groups is 1. The van der Waals surface area contributed by atoms with Crippen molar-refractivity contribution in [2.45, 2.75) is 6.92 Å². The van der Waals surface area contributed by atoms with Crippen molar-refractivity contribution >= 4 is 29.0 Å². The minimum absolute atomic E-state index is 0. The van der Waals surface area contributed by atoms with Gasteiger partial charge in [-0.15, -0.1) is 0 Å². The van der Waals surface area contributed by atoms with Crippen LogP contribution in [0.3, 0.4) is 0 Å². The maximum Gasteiger partial charge on any atom is 2.00 e. The molecule has 19 heavy (non-hydrogen) atoms. The first kappa shape index (κ1) is 16.1. The van der Waals surface area contributed by atoms with Crippen LogP contribution in [-0.2, 0) is 24.1 Å². The maximum absolute atomic E-state index is 12.3. The van der Waals surface area contributed by atoms with E-state index >= 15 is 0 Å². The van der Waals surface area contributed by atoms with Gasteiger partial charge in [0.15, 0.2) is 0 Å². The van der Waals surface area contributed by atoms with Crippen molar-refractivity contribution in [3.63, 3.8) is 0 Å². The Labute approximate surface area is 130 Å². The van der Waals surface area contributed by atoms with Crippen molar-refractivity contribution in [3.05, 3.63) is 55.4 Å². The van der Waals surface area contributed by atoms with Gasteiger partial charge < -0.3 is 0 Å². The first-order valence-corrected chi connectivity index (χ1v) is 5.92. The van der Waals surface area contributed by atoms with E-state index < -0.39 is 5.78 Å². The van der Waals surface area contributed by atoms with Crippen molar-refractivity contribution in [2.24, 2.45) is 7.05 Å². The number of nitrogens with zero attached hydrogens (tertiary/aromatic N) is 1. The molecule has 1 aromatic heterocycles. The fourth-order valence-electron chi connectivity index (χ4n) is 1.76. The van der Waals surface area contributed by atoms with Crippen LogP contribution in [0.15, 0.2) is 23.0 Å². The second-order valence-corrected chi connectivity index (χ2v) is 4.77. The smallest absolute Gasteiger partial charge is 0.299 e. The van der Waals surface area contributed by atoms with E-state index in [1.807, 2.05) is 0 Å². The Morgan fingerprint density at radius 2 is 1.95 bits per heavy atom. The fourth-order valence-corrected chi connectivity index (χ4v) is 2.26. The molecule has 2 rings (SSSR count). The summed E-state index contributed by atoms with van der Waals surface area (Å²) < 4.78 is 1.26. The molecule has 0 saturated heterocycles. The molecule has 7 heteroatoms. The van der Waals surface area contributed by atoms with Gasteiger partial charge in [0.25, 0.3) is 5.56 Å². The zero-order valence-corrected chi connectivity index (χ0v) is 12.7. The first-order chi connectivity index (χ1) is 8.41.